The molecule has 0 aliphatic heterocycles. The van der Waals surface area contributed by atoms with Gasteiger partial charge in [0, 0.05) is 24.4 Å². The van der Waals surface area contributed by atoms with Crippen LogP contribution in [0.2, 0.25) is 0 Å². The van der Waals surface area contributed by atoms with Gasteiger partial charge >= 0.3 is 0 Å². The third-order valence-corrected chi connectivity index (χ3v) is 3.96. The van der Waals surface area contributed by atoms with Gasteiger partial charge < -0.3 is 5.73 Å². The maximum Gasteiger partial charge on any atom is 0.270 e. The highest BCUT2D eigenvalue weighted by Gasteiger charge is 2.34. The fourth-order valence-corrected chi connectivity index (χ4v) is 2.78. The maximum absolute atomic E-state index is 13.1. The highest BCUT2D eigenvalue weighted by molar-refractivity contribution is 5.32. The number of hydrogen-bond acceptors (Lipinski definition) is 1. The molecule has 1 aliphatic rings. The Morgan fingerprint density at radius 3 is 2.12 bits per heavy atom. The van der Waals surface area contributed by atoms with Crippen LogP contribution in [0.3, 0.4) is 0 Å². The molecule has 94 valence electrons. The van der Waals surface area contributed by atoms with Crippen LogP contribution in [0, 0.1) is 0 Å². The van der Waals surface area contributed by atoms with Crippen molar-refractivity contribution in [2.45, 2.75) is 43.9 Å². The van der Waals surface area contributed by atoms with Crippen molar-refractivity contribution in [3.8, 4) is 0 Å². The number of nitrogens with two attached hydrogens (primary N) is 1. The van der Waals surface area contributed by atoms with E-state index in [1.54, 1.807) is 0 Å². The summed E-state index contributed by atoms with van der Waals surface area (Å²) >= 11 is 0. The van der Waals surface area contributed by atoms with E-state index in [0.29, 0.717) is 6.54 Å². The second kappa shape index (κ2) is 4.37. The van der Waals surface area contributed by atoms with Crippen LogP contribution < -0.4 is 5.73 Å². The van der Waals surface area contributed by atoms with Crippen LogP contribution in [0.25, 0.3) is 0 Å². The van der Waals surface area contributed by atoms with Gasteiger partial charge in [0.05, 0.1) is 0 Å². The maximum atomic E-state index is 13.1. The van der Waals surface area contributed by atoms with Gasteiger partial charge in [0.1, 0.15) is 0 Å². The second-order valence-electron chi connectivity index (χ2n) is 5.16. The standard InChI is InChI=1S/C14H19F2N/c1-13(15,16)11-4-6-12(7-5-11)14(10-17)8-2-3-9-14/h4-7H,2-3,8-10,17H2,1H3. The minimum atomic E-state index is -2.76. The average Bonchev–Trinajstić information content (AvgIpc) is 2.78. The molecule has 0 radical (unpaired) electrons. The number of rotatable bonds is 3. The summed E-state index contributed by atoms with van der Waals surface area (Å²) in [5.41, 5.74) is 7.10. The first-order valence-electron chi connectivity index (χ1n) is 6.17. The molecule has 1 aliphatic carbocycles. The summed E-state index contributed by atoms with van der Waals surface area (Å²) in [5, 5.41) is 0. The van der Waals surface area contributed by atoms with Gasteiger partial charge in [0.25, 0.3) is 5.92 Å². The Morgan fingerprint density at radius 1 is 1.18 bits per heavy atom. The Balaban J connectivity index is 2.28. The lowest BCUT2D eigenvalue weighted by molar-refractivity contribution is 0.0174. The van der Waals surface area contributed by atoms with E-state index in [-0.39, 0.29) is 11.0 Å². The molecule has 1 saturated carbocycles. The van der Waals surface area contributed by atoms with Crippen molar-refractivity contribution in [2.24, 2.45) is 5.73 Å². The molecule has 0 bridgehead atoms. The molecule has 0 unspecified atom stereocenters. The lowest BCUT2D eigenvalue weighted by Gasteiger charge is -2.28. The van der Waals surface area contributed by atoms with Gasteiger partial charge in [-0.25, -0.2) is 8.78 Å². The first-order chi connectivity index (χ1) is 7.98. The van der Waals surface area contributed by atoms with Crippen LogP contribution in [-0.2, 0) is 11.3 Å². The van der Waals surface area contributed by atoms with E-state index >= 15 is 0 Å². The monoisotopic (exact) mass is 239 g/mol. The lowest BCUT2D eigenvalue weighted by Crippen LogP contribution is -2.32. The topological polar surface area (TPSA) is 26.0 Å². The molecule has 0 saturated heterocycles. The van der Waals surface area contributed by atoms with Crippen molar-refractivity contribution in [3.63, 3.8) is 0 Å². The normalized spacial score (nSPS) is 19.5. The molecule has 0 aromatic heterocycles. The summed E-state index contributed by atoms with van der Waals surface area (Å²) in [6, 6.07) is 6.71. The van der Waals surface area contributed by atoms with E-state index in [1.165, 1.54) is 25.0 Å². The van der Waals surface area contributed by atoms with Gasteiger partial charge in [0.15, 0.2) is 0 Å². The van der Waals surface area contributed by atoms with Crippen LogP contribution >= 0.6 is 0 Å². The van der Waals surface area contributed by atoms with E-state index < -0.39 is 5.92 Å². The van der Waals surface area contributed by atoms with E-state index in [9.17, 15) is 8.78 Å². The summed E-state index contributed by atoms with van der Waals surface area (Å²) in [5.74, 6) is -2.76. The molecule has 1 nitrogen and oxygen atoms in total. The Labute approximate surface area is 101 Å². The van der Waals surface area contributed by atoms with E-state index in [4.69, 9.17) is 5.73 Å². The molecule has 0 spiro atoms. The molecule has 17 heavy (non-hydrogen) atoms. The summed E-state index contributed by atoms with van der Waals surface area (Å²) in [4.78, 5) is 0. The molecule has 1 fully saturated rings. The Hall–Kier alpha value is -0.960. The first kappa shape index (κ1) is 12.5. The zero-order valence-electron chi connectivity index (χ0n) is 10.2. The molecule has 1 aromatic rings. The predicted octanol–water partition coefficient (Wildman–Crippen LogP) is 3.57. The van der Waals surface area contributed by atoms with Gasteiger partial charge in [-0.15, -0.1) is 0 Å². The lowest BCUT2D eigenvalue weighted by atomic mass is 9.78. The Morgan fingerprint density at radius 2 is 1.71 bits per heavy atom. The minimum absolute atomic E-state index is 0.0293. The molecular formula is C14H19F2N. The van der Waals surface area contributed by atoms with Gasteiger partial charge in [-0.1, -0.05) is 37.1 Å². The van der Waals surface area contributed by atoms with Crippen molar-refractivity contribution < 1.29 is 8.78 Å². The molecule has 3 heteroatoms. The smallest absolute Gasteiger partial charge is 0.270 e. The largest absolute Gasteiger partial charge is 0.330 e. The molecule has 0 heterocycles. The first-order valence-corrected chi connectivity index (χ1v) is 6.17. The van der Waals surface area contributed by atoms with Crippen LogP contribution in [0.15, 0.2) is 24.3 Å². The summed E-state index contributed by atoms with van der Waals surface area (Å²) in [7, 11) is 0. The fraction of sp³-hybridized carbons (Fsp3) is 0.571. The zero-order chi connectivity index (χ0) is 12.5. The zero-order valence-corrected chi connectivity index (χ0v) is 10.2. The Bertz CT molecular complexity index is 372. The fourth-order valence-electron chi connectivity index (χ4n) is 2.78. The summed E-state index contributed by atoms with van der Waals surface area (Å²) < 4.78 is 26.2. The van der Waals surface area contributed by atoms with Crippen molar-refractivity contribution in [2.75, 3.05) is 6.54 Å². The van der Waals surface area contributed by atoms with E-state index in [1.807, 2.05) is 12.1 Å². The van der Waals surface area contributed by atoms with Gasteiger partial charge in [-0.3, -0.25) is 0 Å². The highest BCUT2D eigenvalue weighted by atomic mass is 19.3. The number of benzene rings is 1. The van der Waals surface area contributed by atoms with Crippen molar-refractivity contribution in [3.05, 3.63) is 35.4 Å². The third kappa shape index (κ3) is 2.34. The minimum Gasteiger partial charge on any atom is -0.330 e. The summed E-state index contributed by atoms with van der Waals surface area (Å²) in [6.07, 6.45) is 4.52. The SMILES string of the molecule is CC(F)(F)c1ccc(C2(CN)CCCC2)cc1. The average molecular weight is 239 g/mol. The van der Waals surface area contributed by atoms with Crippen LogP contribution in [0.5, 0.6) is 0 Å². The van der Waals surface area contributed by atoms with Crippen molar-refractivity contribution >= 4 is 0 Å². The van der Waals surface area contributed by atoms with Crippen LogP contribution in [0.1, 0.15) is 43.7 Å². The van der Waals surface area contributed by atoms with E-state index in [0.717, 1.165) is 25.3 Å². The van der Waals surface area contributed by atoms with Crippen molar-refractivity contribution in [1.29, 1.82) is 0 Å². The third-order valence-electron chi connectivity index (χ3n) is 3.96. The number of halogens is 2. The van der Waals surface area contributed by atoms with Crippen molar-refractivity contribution in [1.82, 2.24) is 0 Å². The van der Waals surface area contributed by atoms with Gasteiger partial charge in [-0.2, -0.15) is 0 Å². The predicted molar refractivity (Wildman–Crippen MR) is 65.2 cm³/mol. The molecule has 2 rings (SSSR count). The molecular weight excluding hydrogens is 220 g/mol. The van der Waals surface area contributed by atoms with Crippen LogP contribution in [-0.4, -0.2) is 6.54 Å². The quantitative estimate of drug-likeness (QED) is 0.857. The van der Waals surface area contributed by atoms with Crippen LogP contribution in [0.4, 0.5) is 8.78 Å². The highest BCUT2D eigenvalue weighted by Crippen LogP contribution is 2.40. The number of hydrogen-bond donors (Lipinski definition) is 1. The Kier molecular flexibility index (Phi) is 3.21. The molecule has 0 atom stereocenters. The van der Waals surface area contributed by atoms with Gasteiger partial charge in [0.2, 0.25) is 0 Å². The summed E-state index contributed by atoms with van der Waals surface area (Å²) in [6.45, 7) is 1.53. The van der Waals surface area contributed by atoms with Gasteiger partial charge in [-0.05, 0) is 18.4 Å². The second-order valence-corrected chi connectivity index (χ2v) is 5.16. The number of alkyl halides is 2. The molecule has 0 amide bonds. The van der Waals surface area contributed by atoms with E-state index in [2.05, 4.69) is 0 Å². The molecule has 2 N–H and O–H groups in total. The molecule has 1 aromatic carbocycles.